The van der Waals surface area contributed by atoms with E-state index in [1.54, 1.807) is 13.2 Å². The zero-order chi connectivity index (χ0) is 20.3. The summed E-state index contributed by atoms with van der Waals surface area (Å²) in [6.07, 6.45) is 3.49. The van der Waals surface area contributed by atoms with Gasteiger partial charge in [-0.05, 0) is 57.5 Å². The standard InChI is InChI=1S/C21H28N4O2S/c1-14(2)25-20(22-23-21(25)28)16-9-11-24(12-10-16)19(26)13-15(3)17-7-5-6-8-18(17)27-4/h5-8,13-14,16H,9-12H2,1-4H3,(H,23,28). The number of H-pyrrole nitrogens is 1. The topological polar surface area (TPSA) is 63.1 Å². The highest BCUT2D eigenvalue weighted by atomic mass is 32.1. The molecule has 28 heavy (non-hydrogen) atoms. The van der Waals surface area contributed by atoms with Crippen LogP contribution >= 0.6 is 12.2 Å². The minimum atomic E-state index is 0.0459. The van der Waals surface area contributed by atoms with Gasteiger partial charge in [-0.2, -0.15) is 5.10 Å². The Balaban J connectivity index is 1.68. The zero-order valence-corrected chi connectivity index (χ0v) is 17.8. The van der Waals surface area contributed by atoms with E-state index in [2.05, 4.69) is 28.6 Å². The van der Waals surface area contributed by atoms with Gasteiger partial charge in [0.25, 0.3) is 0 Å². The van der Waals surface area contributed by atoms with E-state index in [-0.39, 0.29) is 11.9 Å². The van der Waals surface area contributed by atoms with E-state index in [1.165, 1.54) is 0 Å². The van der Waals surface area contributed by atoms with Crippen LogP contribution in [0.2, 0.25) is 0 Å². The Morgan fingerprint density at radius 1 is 1.32 bits per heavy atom. The van der Waals surface area contributed by atoms with E-state index in [0.29, 0.717) is 10.7 Å². The Labute approximate surface area is 171 Å². The lowest BCUT2D eigenvalue weighted by molar-refractivity contribution is -0.127. The maximum Gasteiger partial charge on any atom is 0.246 e. The molecule has 0 bridgehead atoms. The lowest BCUT2D eigenvalue weighted by atomic mass is 9.95. The molecule has 1 fully saturated rings. The van der Waals surface area contributed by atoms with Crippen LogP contribution in [0.1, 0.15) is 57.0 Å². The highest BCUT2D eigenvalue weighted by Gasteiger charge is 2.27. The Bertz CT molecular complexity index is 920. The number of ether oxygens (including phenoxy) is 1. The number of hydrogen-bond donors (Lipinski definition) is 1. The summed E-state index contributed by atoms with van der Waals surface area (Å²) >= 11 is 5.36. The molecule has 1 aliphatic rings. The van der Waals surface area contributed by atoms with Crippen LogP contribution in [0.25, 0.3) is 5.57 Å². The lowest BCUT2D eigenvalue weighted by Crippen LogP contribution is -2.37. The number of rotatable bonds is 5. The smallest absolute Gasteiger partial charge is 0.246 e. The minimum Gasteiger partial charge on any atom is -0.496 e. The number of nitrogens with zero attached hydrogens (tertiary/aromatic N) is 3. The summed E-state index contributed by atoms with van der Waals surface area (Å²) < 4.78 is 8.15. The molecule has 1 aromatic heterocycles. The monoisotopic (exact) mass is 400 g/mol. The fourth-order valence-electron chi connectivity index (χ4n) is 3.79. The fraction of sp³-hybridized carbons (Fsp3) is 0.476. The van der Waals surface area contributed by atoms with Crippen molar-refractivity contribution in [2.75, 3.05) is 20.2 Å². The van der Waals surface area contributed by atoms with E-state index < -0.39 is 0 Å². The number of allylic oxidation sites excluding steroid dienone is 1. The van der Waals surface area contributed by atoms with Gasteiger partial charge in [0.15, 0.2) is 4.77 Å². The molecule has 0 unspecified atom stereocenters. The summed E-state index contributed by atoms with van der Waals surface area (Å²) in [7, 11) is 1.64. The lowest BCUT2D eigenvalue weighted by Gasteiger charge is -2.31. The van der Waals surface area contributed by atoms with Gasteiger partial charge in [-0.15, -0.1) is 0 Å². The molecule has 150 valence electrons. The van der Waals surface area contributed by atoms with Crippen molar-refractivity contribution in [1.29, 1.82) is 0 Å². The molecule has 3 rings (SSSR count). The highest BCUT2D eigenvalue weighted by Crippen LogP contribution is 2.29. The first-order chi connectivity index (χ1) is 13.4. The first-order valence-electron chi connectivity index (χ1n) is 9.69. The van der Waals surface area contributed by atoms with Crippen molar-refractivity contribution in [2.24, 2.45) is 0 Å². The molecule has 7 heteroatoms. The average molecular weight is 401 g/mol. The first kappa shape index (κ1) is 20.3. The van der Waals surface area contributed by atoms with Crippen molar-refractivity contribution in [3.63, 3.8) is 0 Å². The molecule has 1 amide bonds. The van der Waals surface area contributed by atoms with Crippen LogP contribution < -0.4 is 4.74 Å². The van der Waals surface area contributed by atoms with E-state index in [0.717, 1.165) is 48.6 Å². The van der Waals surface area contributed by atoms with E-state index >= 15 is 0 Å². The maximum absolute atomic E-state index is 12.8. The Kier molecular flexibility index (Phi) is 6.34. The Morgan fingerprint density at radius 2 is 2.00 bits per heavy atom. The van der Waals surface area contributed by atoms with Gasteiger partial charge in [0.05, 0.1) is 7.11 Å². The predicted molar refractivity (Wildman–Crippen MR) is 113 cm³/mol. The first-order valence-corrected chi connectivity index (χ1v) is 10.1. The zero-order valence-electron chi connectivity index (χ0n) is 16.9. The molecule has 2 aromatic rings. The number of aromatic amines is 1. The van der Waals surface area contributed by atoms with Gasteiger partial charge in [0.1, 0.15) is 11.6 Å². The highest BCUT2D eigenvalue weighted by molar-refractivity contribution is 7.71. The molecule has 1 aromatic carbocycles. The Morgan fingerprint density at radius 3 is 2.64 bits per heavy atom. The quantitative estimate of drug-likeness (QED) is 0.599. The summed E-state index contributed by atoms with van der Waals surface area (Å²) in [5.74, 6) is 2.15. The van der Waals surface area contributed by atoms with Gasteiger partial charge in [0.2, 0.25) is 5.91 Å². The van der Waals surface area contributed by atoms with Gasteiger partial charge in [-0.1, -0.05) is 18.2 Å². The van der Waals surface area contributed by atoms with Crippen LogP contribution in [0.5, 0.6) is 5.75 Å². The minimum absolute atomic E-state index is 0.0459. The fourth-order valence-corrected chi connectivity index (χ4v) is 4.14. The number of benzene rings is 1. The number of carbonyl (C=O) groups excluding carboxylic acids is 1. The number of piperidine rings is 1. The van der Waals surface area contributed by atoms with Crippen LogP contribution in [0.4, 0.5) is 0 Å². The van der Waals surface area contributed by atoms with E-state index in [9.17, 15) is 4.79 Å². The summed E-state index contributed by atoms with van der Waals surface area (Å²) in [5.41, 5.74) is 1.85. The molecule has 2 heterocycles. The van der Waals surface area contributed by atoms with Crippen molar-refractivity contribution >= 4 is 23.7 Å². The molecule has 0 aliphatic carbocycles. The van der Waals surface area contributed by atoms with Gasteiger partial charge in [0, 0.05) is 36.7 Å². The van der Waals surface area contributed by atoms with E-state index in [4.69, 9.17) is 17.0 Å². The van der Waals surface area contributed by atoms with Crippen molar-refractivity contribution in [2.45, 2.75) is 45.6 Å². The van der Waals surface area contributed by atoms with Crippen LogP contribution in [0.15, 0.2) is 30.3 Å². The molecule has 0 saturated carbocycles. The van der Waals surface area contributed by atoms with Crippen molar-refractivity contribution < 1.29 is 9.53 Å². The third kappa shape index (κ3) is 4.19. The molecule has 1 aliphatic heterocycles. The summed E-state index contributed by atoms with van der Waals surface area (Å²) in [4.78, 5) is 14.7. The van der Waals surface area contributed by atoms with Gasteiger partial charge < -0.3 is 14.2 Å². The number of nitrogens with one attached hydrogen (secondary N) is 1. The number of aromatic nitrogens is 3. The molecular formula is C21H28N4O2S. The molecule has 0 spiro atoms. The second kappa shape index (κ2) is 8.73. The predicted octanol–water partition coefficient (Wildman–Crippen LogP) is 4.34. The molecule has 0 radical (unpaired) electrons. The number of methoxy groups -OCH3 is 1. The number of para-hydroxylation sites is 1. The van der Waals surface area contributed by atoms with Crippen molar-refractivity contribution in [3.05, 3.63) is 46.5 Å². The third-order valence-electron chi connectivity index (χ3n) is 5.29. The molecule has 1 N–H and O–H groups in total. The van der Waals surface area contributed by atoms with Crippen LogP contribution in [-0.4, -0.2) is 45.8 Å². The third-order valence-corrected chi connectivity index (χ3v) is 5.58. The number of hydrogen-bond acceptors (Lipinski definition) is 4. The molecule has 6 nitrogen and oxygen atoms in total. The average Bonchev–Trinajstić information content (AvgIpc) is 3.09. The van der Waals surface area contributed by atoms with E-state index in [1.807, 2.05) is 36.1 Å². The second-order valence-corrected chi connectivity index (χ2v) is 7.86. The summed E-state index contributed by atoms with van der Waals surface area (Å²) in [6, 6.07) is 8.02. The van der Waals surface area contributed by atoms with Crippen molar-refractivity contribution in [1.82, 2.24) is 19.7 Å². The largest absolute Gasteiger partial charge is 0.496 e. The molecule has 0 atom stereocenters. The van der Waals surface area contributed by atoms with Gasteiger partial charge in [-0.25, -0.2) is 0 Å². The van der Waals surface area contributed by atoms with Crippen LogP contribution in [0, 0.1) is 4.77 Å². The molecule has 1 saturated heterocycles. The number of likely N-dealkylation sites (tertiary alicyclic amines) is 1. The normalized spacial score (nSPS) is 15.9. The summed E-state index contributed by atoms with van der Waals surface area (Å²) in [6.45, 7) is 7.61. The maximum atomic E-state index is 12.8. The number of carbonyl (C=O) groups is 1. The molecular weight excluding hydrogens is 372 g/mol. The van der Waals surface area contributed by atoms with Crippen molar-refractivity contribution in [3.8, 4) is 5.75 Å². The second-order valence-electron chi connectivity index (χ2n) is 7.48. The van der Waals surface area contributed by atoms with Crippen LogP contribution in [0.3, 0.4) is 0 Å². The van der Waals surface area contributed by atoms with Gasteiger partial charge in [-0.3, -0.25) is 9.89 Å². The van der Waals surface area contributed by atoms with Gasteiger partial charge >= 0.3 is 0 Å². The SMILES string of the molecule is COc1ccccc1C(C)=CC(=O)N1CCC(c2n[nH]c(=S)n2C(C)C)CC1. The number of amides is 1. The Hall–Kier alpha value is -2.41. The summed E-state index contributed by atoms with van der Waals surface area (Å²) in [5, 5.41) is 7.37. The van der Waals surface area contributed by atoms with Crippen LogP contribution in [-0.2, 0) is 4.79 Å².